The SMILES string of the molecule is CC(C(=O)N1CCC(CN)C1)c1ccc(Cl)s1.Cl. The van der Waals surface area contributed by atoms with Crippen molar-refractivity contribution >= 4 is 41.3 Å². The maximum atomic E-state index is 12.3. The molecule has 1 aromatic heterocycles. The molecule has 1 aromatic rings. The lowest BCUT2D eigenvalue weighted by atomic mass is 10.1. The summed E-state index contributed by atoms with van der Waals surface area (Å²) >= 11 is 7.37. The maximum Gasteiger partial charge on any atom is 0.230 e. The van der Waals surface area contributed by atoms with Crippen molar-refractivity contribution in [3.05, 3.63) is 21.3 Å². The molecule has 0 spiro atoms. The molecular weight excluding hydrogens is 291 g/mol. The van der Waals surface area contributed by atoms with E-state index in [1.165, 1.54) is 11.3 Å². The summed E-state index contributed by atoms with van der Waals surface area (Å²) in [4.78, 5) is 15.2. The first-order valence-electron chi connectivity index (χ1n) is 5.86. The smallest absolute Gasteiger partial charge is 0.230 e. The number of halogens is 2. The topological polar surface area (TPSA) is 46.3 Å². The standard InChI is InChI=1S/C12H17ClN2OS.ClH/c1-8(10-2-3-11(13)17-10)12(16)15-5-4-9(6-14)7-15;/h2-3,8-9H,4-7,14H2,1H3;1H. The Morgan fingerprint density at radius 3 is 2.89 bits per heavy atom. The fourth-order valence-corrected chi connectivity index (χ4v) is 3.29. The minimum Gasteiger partial charge on any atom is -0.342 e. The molecule has 1 amide bonds. The Bertz CT molecular complexity index is 411. The summed E-state index contributed by atoms with van der Waals surface area (Å²) in [6, 6.07) is 3.78. The monoisotopic (exact) mass is 308 g/mol. The lowest BCUT2D eigenvalue weighted by Gasteiger charge is -2.20. The third-order valence-electron chi connectivity index (χ3n) is 3.32. The third-order valence-corrected chi connectivity index (χ3v) is 4.74. The maximum absolute atomic E-state index is 12.3. The number of amides is 1. The molecule has 0 aromatic carbocycles. The zero-order valence-electron chi connectivity index (χ0n) is 10.3. The molecule has 2 unspecified atom stereocenters. The lowest BCUT2D eigenvalue weighted by Crippen LogP contribution is -2.32. The van der Waals surface area contributed by atoms with Gasteiger partial charge in [0.15, 0.2) is 0 Å². The number of rotatable bonds is 3. The highest BCUT2D eigenvalue weighted by atomic mass is 35.5. The number of nitrogens with zero attached hydrogens (tertiary/aromatic N) is 1. The first kappa shape index (κ1) is 15.8. The minimum atomic E-state index is -0.0935. The molecule has 0 radical (unpaired) electrons. The van der Waals surface area contributed by atoms with Crippen molar-refractivity contribution in [1.82, 2.24) is 4.90 Å². The lowest BCUT2D eigenvalue weighted by molar-refractivity contribution is -0.131. The Morgan fingerprint density at radius 2 is 2.39 bits per heavy atom. The van der Waals surface area contributed by atoms with Crippen LogP contribution in [0, 0.1) is 5.92 Å². The molecule has 1 aliphatic rings. The summed E-state index contributed by atoms with van der Waals surface area (Å²) in [6.45, 7) is 4.26. The highest BCUT2D eigenvalue weighted by Crippen LogP contribution is 2.30. The normalized spacial score (nSPS) is 20.6. The largest absolute Gasteiger partial charge is 0.342 e. The van der Waals surface area contributed by atoms with Crippen LogP contribution in [0.4, 0.5) is 0 Å². The van der Waals surface area contributed by atoms with E-state index in [1.807, 2.05) is 24.0 Å². The van der Waals surface area contributed by atoms with Crippen LogP contribution < -0.4 is 5.73 Å². The van der Waals surface area contributed by atoms with Crippen molar-refractivity contribution in [1.29, 1.82) is 0 Å². The number of hydrogen-bond acceptors (Lipinski definition) is 3. The van der Waals surface area contributed by atoms with Crippen LogP contribution in [-0.2, 0) is 4.79 Å². The molecule has 3 nitrogen and oxygen atoms in total. The zero-order valence-corrected chi connectivity index (χ0v) is 12.7. The second-order valence-corrected chi connectivity index (χ2v) is 6.28. The van der Waals surface area contributed by atoms with Crippen molar-refractivity contribution in [3.8, 4) is 0 Å². The van der Waals surface area contributed by atoms with E-state index < -0.39 is 0 Å². The van der Waals surface area contributed by atoms with Gasteiger partial charge in [0.1, 0.15) is 0 Å². The number of carbonyl (C=O) groups excluding carboxylic acids is 1. The van der Waals surface area contributed by atoms with Gasteiger partial charge in [-0.25, -0.2) is 0 Å². The van der Waals surface area contributed by atoms with Crippen molar-refractivity contribution in [2.75, 3.05) is 19.6 Å². The van der Waals surface area contributed by atoms with Crippen LogP contribution in [-0.4, -0.2) is 30.4 Å². The van der Waals surface area contributed by atoms with Gasteiger partial charge in [-0.15, -0.1) is 23.7 Å². The van der Waals surface area contributed by atoms with Crippen LogP contribution in [0.3, 0.4) is 0 Å². The second kappa shape index (κ2) is 6.75. The van der Waals surface area contributed by atoms with E-state index in [0.717, 1.165) is 28.7 Å². The van der Waals surface area contributed by atoms with Crippen LogP contribution in [0.2, 0.25) is 4.34 Å². The molecule has 6 heteroatoms. The zero-order chi connectivity index (χ0) is 12.4. The van der Waals surface area contributed by atoms with E-state index in [0.29, 0.717) is 12.5 Å². The number of hydrogen-bond donors (Lipinski definition) is 1. The molecule has 0 bridgehead atoms. The van der Waals surface area contributed by atoms with Crippen molar-refractivity contribution in [2.45, 2.75) is 19.3 Å². The van der Waals surface area contributed by atoms with Crippen LogP contribution in [0.15, 0.2) is 12.1 Å². The van der Waals surface area contributed by atoms with E-state index in [2.05, 4.69) is 0 Å². The minimum absolute atomic E-state index is 0. The van der Waals surface area contributed by atoms with Gasteiger partial charge in [0, 0.05) is 18.0 Å². The van der Waals surface area contributed by atoms with Gasteiger partial charge in [-0.1, -0.05) is 11.6 Å². The Morgan fingerprint density at radius 1 is 1.67 bits per heavy atom. The summed E-state index contributed by atoms with van der Waals surface area (Å²) in [7, 11) is 0. The molecule has 0 saturated carbocycles. The van der Waals surface area contributed by atoms with Gasteiger partial charge in [-0.05, 0) is 37.9 Å². The molecule has 102 valence electrons. The molecule has 2 N–H and O–H groups in total. The van der Waals surface area contributed by atoms with E-state index in [1.54, 1.807) is 0 Å². The Labute approximate surface area is 123 Å². The van der Waals surface area contributed by atoms with Crippen molar-refractivity contribution < 1.29 is 4.79 Å². The Kier molecular flexibility index (Phi) is 5.92. The molecule has 18 heavy (non-hydrogen) atoms. The first-order valence-corrected chi connectivity index (χ1v) is 7.05. The molecule has 0 aliphatic carbocycles. The summed E-state index contributed by atoms with van der Waals surface area (Å²) in [5.74, 6) is 0.571. The molecule has 1 aliphatic heterocycles. The van der Waals surface area contributed by atoms with Crippen LogP contribution in [0.5, 0.6) is 0 Å². The average molecular weight is 309 g/mol. The number of thiophene rings is 1. The van der Waals surface area contributed by atoms with Crippen LogP contribution >= 0.6 is 35.3 Å². The van der Waals surface area contributed by atoms with Crippen LogP contribution in [0.25, 0.3) is 0 Å². The predicted octanol–water partition coefficient (Wildman–Crippen LogP) is 2.73. The fourth-order valence-electron chi connectivity index (χ4n) is 2.18. The van der Waals surface area contributed by atoms with Gasteiger partial charge in [-0.3, -0.25) is 4.79 Å². The van der Waals surface area contributed by atoms with Gasteiger partial charge in [0.25, 0.3) is 0 Å². The van der Waals surface area contributed by atoms with Crippen molar-refractivity contribution in [2.24, 2.45) is 11.7 Å². The van der Waals surface area contributed by atoms with Gasteiger partial charge < -0.3 is 10.6 Å². The molecule has 2 rings (SSSR count). The number of carbonyl (C=O) groups is 1. The van der Waals surface area contributed by atoms with E-state index in [9.17, 15) is 4.79 Å². The first-order chi connectivity index (χ1) is 8.11. The van der Waals surface area contributed by atoms with Gasteiger partial charge in [-0.2, -0.15) is 0 Å². The molecule has 2 atom stereocenters. The average Bonchev–Trinajstić information content (AvgIpc) is 2.95. The summed E-state index contributed by atoms with van der Waals surface area (Å²) in [5, 5.41) is 0. The summed E-state index contributed by atoms with van der Waals surface area (Å²) in [5.41, 5.74) is 5.63. The predicted molar refractivity (Wildman–Crippen MR) is 78.7 cm³/mol. The molecule has 1 fully saturated rings. The van der Waals surface area contributed by atoms with Crippen molar-refractivity contribution in [3.63, 3.8) is 0 Å². The van der Waals surface area contributed by atoms with E-state index >= 15 is 0 Å². The quantitative estimate of drug-likeness (QED) is 0.933. The van der Waals surface area contributed by atoms with Gasteiger partial charge in [0.05, 0.1) is 10.3 Å². The summed E-state index contributed by atoms with van der Waals surface area (Å²) in [6.07, 6.45) is 1.03. The van der Waals surface area contributed by atoms with E-state index in [4.69, 9.17) is 17.3 Å². The molecule has 1 saturated heterocycles. The summed E-state index contributed by atoms with van der Waals surface area (Å²) < 4.78 is 0.737. The Hall–Kier alpha value is -0.290. The second-order valence-electron chi connectivity index (χ2n) is 4.54. The Balaban J connectivity index is 0.00000162. The number of likely N-dealkylation sites (tertiary alicyclic amines) is 1. The fraction of sp³-hybridized carbons (Fsp3) is 0.583. The third kappa shape index (κ3) is 3.38. The molecule has 2 heterocycles. The van der Waals surface area contributed by atoms with E-state index in [-0.39, 0.29) is 24.2 Å². The van der Waals surface area contributed by atoms with Crippen LogP contribution in [0.1, 0.15) is 24.1 Å². The molecular formula is C12H18Cl2N2OS. The highest BCUT2D eigenvalue weighted by molar-refractivity contribution is 7.16. The van der Waals surface area contributed by atoms with Gasteiger partial charge >= 0.3 is 0 Å². The highest BCUT2D eigenvalue weighted by Gasteiger charge is 2.29. The van der Waals surface area contributed by atoms with Gasteiger partial charge in [0.2, 0.25) is 5.91 Å². The number of nitrogens with two attached hydrogens (primary N) is 1.